The molecule has 2 aromatic carbocycles. The number of non-ortho nitro benzene ring substituents is 1. The Kier molecular flexibility index (Phi) is 5.49. The molecule has 0 radical (unpaired) electrons. The summed E-state index contributed by atoms with van der Waals surface area (Å²) in [6, 6.07) is 11.0. The van der Waals surface area contributed by atoms with E-state index in [0.717, 1.165) is 11.1 Å². The van der Waals surface area contributed by atoms with Crippen LogP contribution in [0.15, 0.2) is 42.5 Å². The molecular formula is C18H19N3O4. The summed E-state index contributed by atoms with van der Waals surface area (Å²) in [6.07, 6.45) is 0. The molecular weight excluding hydrogens is 322 g/mol. The van der Waals surface area contributed by atoms with Crippen molar-refractivity contribution in [3.05, 3.63) is 69.3 Å². The first kappa shape index (κ1) is 18.1. The van der Waals surface area contributed by atoms with Gasteiger partial charge in [0.05, 0.1) is 11.5 Å². The predicted octanol–water partition coefficient (Wildman–Crippen LogP) is 2.92. The molecule has 25 heavy (non-hydrogen) atoms. The van der Waals surface area contributed by atoms with Gasteiger partial charge < -0.3 is 10.2 Å². The summed E-state index contributed by atoms with van der Waals surface area (Å²) >= 11 is 0. The first-order valence-electron chi connectivity index (χ1n) is 7.65. The van der Waals surface area contributed by atoms with Gasteiger partial charge in [0.1, 0.15) is 0 Å². The minimum atomic E-state index is -0.565. The van der Waals surface area contributed by atoms with Crippen molar-refractivity contribution in [3.8, 4) is 0 Å². The predicted molar refractivity (Wildman–Crippen MR) is 94.6 cm³/mol. The van der Waals surface area contributed by atoms with Crippen LogP contribution in [0.1, 0.15) is 21.5 Å². The third-order valence-electron chi connectivity index (χ3n) is 3.91. The van der Waals surface area contributed by atoms with Crippen molar-refractivity contribution < 1.29 is 14.5 Å². The van der Waals surface area contributed by atoms with Crippen LogP contribution in [-0.2, 0) is 4.79 Å². The highest BCUT2D eigenvalue weighted by atomic mass is 16.6. The molecule has 2 rings (SSSR count). The number of rotatable bonds is 5. The molecule has 130 valence electrons. The molecule has 0 aromatic heterocycles. The van der Waals surface area contributed by atoms with Gasteiger partial charge in [0, 0.05) is 30.4 Å². The zero-order chi connectivity index (χ0) is 18.6. The largest absolute Gasteiger partial charge is 0.332 e. The number of likely N-dealkylation sites (N-methyl/N-ethyl adjacent to an activating group) is 1. The van der Waals surface area contributed by atoms with Crippen molar-refractivity contribution in [1.29, 1.82) is 0 Å². The van der Waals surface area contributed by atoms with Gasteiger partial charge in [-0.25, -0.2) is 0 Å². The molecule has 7 nitrogen and oxygen atoms in total. The number of nitro benzene ring substituents is 1. The summed E-state index contributed by atoms with van der Waals surface area (Å²) in [7, 11) is 1.48. The lowest BCUT2D eigenvalue weighted by Gasteiger charge is -2.17. The Morgan fingerprint density at radius 2 is 1.84 bits per heavy atom. The third kappa shape index (κ3) is 4.41. The number of hydrogen-bond acceptors (Lipinski definition) is 4. The number of nitrogens with zero attached hydrogens (tertiary/aromatic N) is 2. The lowest BCUT2D eigenvalue weighted by molar-refractivity contribution is -0.384. The van der Waals surface area contributed by atoms with Gasteiger partial charge in [-0.3, -0.25) is 19.7 Å². The zero-order valence-corrected chi connectivity index (χ0v) is 14.3. The molecule has 0 aliphatic heterocycles. The number of hydrogen-bond donors (Lipinski definition) is 1. The summed E-state index contributed by atoms with van der Waals surface area (Å²) in [5.41, 5.74) is 2.71. The van der Waals surface area contributed by atoms with E-state index < -0.39 is 10.8 Å². The molecule has 0 spiro atoms. The van der Waals surface area contributed by atoms with Crippen molar-refractivity contribution in [3.63, 3.8) is 0 Å². The Morgan fingerprint density at radius 1 is 1.16 bits per heavy atom. The second kappa shape index (κ2) is 7.57. The smallest absolute Gasteiger partial charge is 0.270 e. The molecule has 1 N–H and O–H groups in total. The second-order valence-electron chi connectivity index (χ2n) is 5.76. The van der Waals surface area contributed by atoms with Gasteiger partial charge in [0.25, 0.3) is 11.6 Å². The Balaban J connectivity index is 2.05. The minimum absolute atomic E-state index is 0.158. The topological polar surface area (TPSA) is 92.6 Å². The molecule has 0 fully saturated rings. The van der Waals surface area contributed by atoms with Crippen molar-refractivity contribution in [2.45, 2.75) is 13.8 Å². The zero-order valence-electron chi connectivity index (χ0n) is 14.3. The lowest BCUT2D eigenvalue weighted by Crippen LogP contribution is -2.35. The first-order chi connectivity index (χ1) is 11.8. The van der Waals surface area contributed by atoms with E-state index in [2.05, 4.69) is 5.32 Å². The molecule has 0 aliphatic rings. The fraction of sp³-hybridized carbons (Fsp3) is 0.222. The van der Waals surface area contributed by atoms with Gasteiger partial charge in [-0.2, -0.15) is 0 Å². The summed E-state index contributed by atoms with van der Waals surface area (Å²) in [6.45, 7) is 3.70. The van der Waals surface area contributed by atoms with Crippen LogP contribution in [0.2, 0.25) is 0 Å². The SMILES string of the molecule is Cc1cccc(NC(=O)CN(C)C(=O)c2cccc([N+](=O)[O-])c2)c1C. The molecule has 7 heteroatoms. The van der Waals surface area contributed by atoms with Gasteiger partial charge in [-0.05, 0) is 37.1 Å². The maximum absolute atomic E-state index is 12.4. The third-order valence-corrected chi connectivity index (χ3v) is 3.91. The van der Waals surface area contributed by atoms with E-state index in [-0.39, 0.29) is 23.7 Å². The Bertz CT molecular complexity index is 833. The van der Waals surface area contributed by atoms with Crippen molar-refractivity contribution in [2.75, 3.05) is 18.9 Å². The van der Waals surface area contributed by atoms with Gasteiger partial charge in [-0.1, -0.05) is 18.2 Å². The molecule has 0 saturated carbocycles. The molecule has 2 amide bonds. The summed E-state index contributed by atoms with van der Waals surface area (Å²) in [4.78, 5) is 36.0. The maximum Gasteiger partial charge on any atom is 0.270 e. The monoisotopic (exact) mass is 341 g/mol. The van der Waals surface area contributed by atoms with Gasteiger partial charge in [0.15, 0.2) is 0 Å². The highest BCUT2D eigenvalue weighted by Gasteiger charge is 2.18. The van der Waals surface area contributed by atoms with Crippen LogP contribution in [0.3, 0.4) is 0 Å². The lowest BCUT2D eigenvalue weighted by atomic mass is 10.1. The molecule has 0 atom stereocenters. The van der Waals surface area contributed by atoms with E-state index >= 15 is 0 Å². The molecule has 0 aliphatic carbocycles. The van der Waals surface area contributed by atoms with Crippen LogP contribution >= 0.6 is 0 Å². The number of nitrogens with one attached hydrogen (secondary N) is 1. The molecule has 2 aromatic rings. The first-order valence-corrected chi connectivity index (χ1v) is 7.65. The van der Waals surface area contributed by atoms with Crippen LogP contribution in [-0.4, -0.2) is 35.2 Å². The van der Waals surface area contributed by atoms with Crippen LogP contribution in [0.4, 0.5) is 11.4 Å². The molecule has 0 saturated heterocycles. The second-order valence-corrected chi connectivity index (χ2v) is 5.76. The van der Waals surface area contributed by atoms with Crippen LogP contribution in [0, 0.1) is 24.0 Å². The fourth-order valence-electron chi connectivity index (χ4n) is 2.34. The van der Waals surface area contributed by atoms with Gasteiger partial charge >= 0.3 is 0 Å². The molecule has 0 heterocycles. The summed E-state index contributed by atoms with van der Waals surface area (Å²) in [5.74, 6) is -0.796. The Labute approximate surface area is 145 Å². The number of nitro groups is 1. The van der Waals surface area contributed by atoms with Crippen molar-refractivity contribution in [1.82, 2.24) is 4.90 Å². The maximum atomic E-state index is 12.4. The average Bonchev–Trinajstić information content (AvgIpc) is 2.58. The van der Waals surface area contributed by atoms with Gasteiger partial charge in [0.2, 0.25) is 5.91 Å². The van der Waals surface area contributed by atoms with E-state index in [1.54, 1.807) is 6.07 Å². The number of amides is 2. The van der Waals surface area contributed by atoms with E-state index in [0.29, 0.717) is 5.69 Å². The van der Waals surface area contributed by atoms with Gasteiger partial charge in [-0.15, -0.1) is 0 Å². The normalized spacial score (nSPS) is 10.2. The van der Waals surface area contributed by atoms with E-state index in [9.17, 15) is 19.7 Å². The highest BCUT2D eigenvalue weighted by molar-refractivity contribution is 5.99. The number of carbonyl (C=O) groups excluding carboxylic acids is 2. The minimum Gasteiger partial charge on any atom is -0.332 e. The molecule has 0 bridgehead atoms. The van der Waals surface area contributed by atoms with Crippen LogP contribution < -0.4 is 5.32 Å². The highest BCUT2D eigenvalue weighted by Crippen LogP contribution is 2.18. The Morgan fingerprint density at radius 3 is 2.52 bits per heavy atom. The fourth-order valence-corrected chi connectivity index (χ4v) is 2.34. The van der Waals surface area contributed by atoms with E-state index in [1.807, 2.05) is 26.0 Å². The summed E-state index contributed by atoms with van der Waals surface area (Å²) in [5, 5.41) is 13.6. The standard InChI is InChI=1S/C18H19N3O4/c1-12-6-4-9-16(13(12)2)19-17(22)11-20(3)18(23)14-7-5-8-15(10-14)21(24)25/h4-10H,11H2,1-3H3,(H,19,22). The Hall–Kier alpha value is -3.22. The number of carbonyl (C=O) groups is 2. The number of benzene rings is 2. The van der Waals surface area contributed by atoms with Crippen LogP contribution in [0.5, 0.6) is 0 Å². The summed E-state index contributed by atoms with van der Waals surface area (Å²) < 4.78 is 0. The van der Waals surface area contributed by atoms with Crippen molar-refractivity contribution in [2.24, 2.45) is 0 Å². The van der Waals surface area contributed by atoms with E-state index in [4.69, 9.17) is 0 Å². The average molecular weight is 341 g/mol. The number of aryl methyl sites for hydroxylation is 1. The molecule has 0 unspecified atom stereocenters. The van der Waals surface area contributed by atoms with E-state index in [1.165, 1.54) is 36.2 Å². The quantitative estimate of drug-likeness (QED) is 0.668. The number of anilines is 1. The van der Waals surface area contributed by atoms with Crippen molar-refractivity contribution >= 4 is 23.2 Å². The van der Waals surface area contributed by atoms with Crippen LogP contribution in [0.25, 0.3) is 0 Å².